The zero-order valence-corrected chi connectivity index (χ0v) is 13.2. The predicted molar refractivity (Wildman–Crippen MR) is 84.9 cm³/mol. The predicted octanol–water partition coefficient (Wildman–Crippen LogP) is 3.77. The zero-order valence-electron chi connectivity index (χ0n) is 11.6. The fourth-order valence-corrected chi connectivity index (χ4v) is 2.13. The van der Waals surface area contributed by atoms with Crippen LogP contribution in [0.1, 0.15) is 18.2 Å². The Morgan fingerprint density at radius 3 is 3.00 bits per heavy atom. The van der Waals surface area contributed by atoms with Crippen LogP contribution in [0.4, 0.5) is 0 Å². The van der Waals surface area contributed by atoms with Gasteiger partial charge in [-0.3, -0.25) is 4.79 Å². The van der Waals surface area contributed by atoms with Crippen molar-refractivity contribution >= 4 is 27.9 Å². The molecule has 110 valence electrons. The molecular formula is C16H16BrNO3. The lowest BCUT2D eigenvalue weighted by molar-refractivity contribution is -0.116. The minimum Gasteiger partial charge on any atom is -0.493 e. The number of ether oxygens (including phenoxy) is 1. The molecule has 21 heavy (non-hydrogen) atoms. The molecule has 0 aliphatic rings. The molecule has 2 rings (SSSR count). The van der Waals surface area contributed by atoms with Crippen molar-refractivity contribution < 1.29 is 13.9 Å². The SMILES string of the molecule is CCOc1ccc(Br)cc1/C=C/C(=O)NCc1ccco1. The average molecular weight is 350 g/mol. The molecule has 0 atom stereocenters. The number of amides is 1. The Morgan fingerprint density at radius 2 is 2.29 bits per heavy atom. The third kappa shape index (κ3) is 4.79. The van der Waals surface area contributed by atoms with E-state index in [1.165, 1.54) is 6.08 Å². The highest BCUT2D eigenvalue weighted by molar-refractivity contribution is 9.10. The molecule has 4 nitrogen and oxygen atoms in total. The van der Waals surface area contributed by atoms with Gasteiger partial charge in [0.25, 0.3) is 0 Å². The summed E-state index contributed by atoms with van der Waals surface area (Å²) >= 11 is 3.41. The van der Waals surface area contributed by atoms with Gasteiger partial charge < -0.3 is 14.5 Å². The van der Waals surface area contributed by atoms with Crippen LogP contribution in [0.5, 0.6) is 5.75 Å². The van der Waals surface area contributed by atoms with Gasteiger partial charge in [0.2, 0.25) is 5.91 Å². The van der Waals surface area contributed by atoms with Gasteiger partial charge in [0.1, 0.15) is 11.5 Å². The summed E-state index contributed by atoms with van der Waals surface area (Å²) in [5.74, 6) is 1.28. The van der Waals surface area contributed by atoms with E-state index < -0.39 is 0 Å². The van der Waals surface area contributed by atoms with E-state index in [1.807, 2.05) is 31.2 Å². The Labute approximate surface area is 131 Å². The molecular weight excluding hydrogens is 334 g/mol. The monoisotopic (exact) mass is 349 g/mol. The van der Waals surface area contributed by atoms with E-state index in [0.29, 0.717) is 18.9 Å². The van der Waals surface area contributed by atoms with E-state index in [0.717, 1.165) is 15.8 Å². The highest BCUT2D eigenvalue weighted by Crippen LogP contribution is 2.24. The Balaban J connectivity index is 1.99. The molecule has 0 bridgehead atoms. The van der Waals surface area contributed by atoms with Crippen LogP contribution in [-0.2, 0) is 11.3 Å². The minimum absolute atomic E-state index is 0.186. The van der Waals surface area contributed by atoms with E-state index in [4.69, 9.17) is 9.15 Å². The summed E-state index contributed by atoms with van der Waals surface area (Å²) in [5.41, 5.74) is 0.847. The zero-order chi connectivity index (χ0) is 15.1. The molecule has 0 saturated carbocycles. The molecule has 0 spiro atoms. The summed E-state index contributed by atoms with van der Waals surface area (Å²) in [6, 6.07) is 9.27. The standard InChI is InChI=1S/C16H16BrNO3/c1-2-20-15-7-6-13(17)10-12(15)5-8-16(19)18-11-14-4-3-9-21-14/h3-10H,2,11H2,1H3,(H,18,19)/b8-5+. The maximum atomic E-state index is 11.8. The second-order valence-corrected chi connectivity index (χ2v) is 5.16. The smallest absolute Gasteiger partial charge is 0.244 e. The van der Waals surface area contributed by atoms with Crippen molar-refractivity contribution in [2.24, 2.45) is 0 Å². The van der Waals surface area contributed by atoms with Crippen LogP contribution in [0.25, 0.3) is 6.08 Å². The number of hydrogen-bond donors (Lipinski definition) is 1. The molecule has 1 aromatic heterocycles. The van der Waals surface area contributed by atoms with E-state index in [1.54, 1.807) is 18.4 Å². The molecule has 0 fully saturated rings. The van der Waals surface area contributed by atoms with Crippen LogP contribution in [-0.4, -0.2) is 12.5 Å². The number of carbonyl (C=O) groups excluding carboxylic acids is 1. The normalized spacial score (nSPS) is 10.8. The van der Waals surface area contributed by atoms with Crippen molar-refractivity contribution in [3.05, 3.63) is 58.5 Å². The van der Waals surface area contributed by atoms with Crippen molar-refractivity contribution in [2.75, 3.05) is 6.61 Å². The molecule has 0 unspecified atom stereocenters. The maximum Gasteiger partial charge on any atom is 0.244 e. The maximum absolute atomic E-state index is 11.8. The van der Waals surface area contributed by atoms with Gasteiger partial charge in [0.05, 0.1) is 19.4 Å². The number of hydrogen-bond acceptors (Lipinski definition) is 3. The topological polar surface area (TPSA) is 51.5 Å². The quantitative estimate of drug-likeness (QED) is 0.807. The summed E-state index contributed by atoms with van der Waals surface area (Å²) in [6.07, 6.45) is 4.79. The highest BCUT2D eigenvalue weighted by Gasteiger charge is 2.03. The summed E-state index contributed by atoms with van der Waals surface area (Å²) in [7, 11) is 0. The summed E-state index contributed by atoms with van der Waals surface area (Å²) in [4.78, 5) is 11.8. The third-order valence-electron chi connectivity index (χ3n) is 2.70. The van der Waals surface area contributed by atoms with Gasteiger partial charge in [-0.15, -0.1) is 0 Å². The van der Waals surface area contributed by atoms with Gasteiger partial charge >= 0.3 is 0 Å². The lowest BCUT2D eigenvalue weighted by Gasteiger charge is -2.07. The first-order valence-electron chi connectivity index (χ1n) is 6.59. The summed E-state index contributed by atoms with van der Waals surface area (Å²) in [5, 5.41) is 2.75. The van der Waals surface area contributed by atoms with Gasteiger partial charge in [-0.05, 0) is 43.3 Å². The lowest BCUT2D eigenvalue weighted by atomic mass is 10.2. The van der Waals surface area contributed by atoms with E-state index in [2.05, 4.69) is 21.2 Å². The van der Waals surface area contributed by atoms with Crippen LogP contribution < -0.4 is 10.1 Å². The minimum atomic E-state index is -0.186. The molecule has 1 N–H and O–H groups in total. The molecule has 0 aliphatic heterocycles. The number of rotatable bonds is 6. The number of halogens is 1. The fraction of sp³-hybridized carbons (Fsp3) is 0.188. The molecule has 0 aliphatic carbocycles. The summed E-state index contributed by atoms with van der Waals surface area (Å²) < 4.78 is 11.6. The van der Waals surface area contributed by atoms with Crippen LogP contribution in [0.15, 0.2) is 51.6 Å². The van der Waals surface area contributed by atoms with Crippen molar-refractivity contribution in [2.45, 2.75) is 13.5 Å². The molecule has 1 heterocycles. The third-order valence-corrected chi connectivity index (χ3v) is 3.20. The number of nitrogens with one attached hydrogen (secondary N) is 1. The van der Waals surface area contributed by atoms with Gasteiger partial charge in [0.15, 0.2) is 0 Å². The van der Waals surface area contributed by atoms with Crippen molar-refractivity contribution in [1.29, 1.82) is 0 Å². The van der Waals surface area contributed by atoms with Gasteiger partial charge in [0, 0.05) is 16.1 Å². The molecule has 1 aromatic carbocycles. The second-order valence-electron chi connectivity index (χ2n) is 4.25. The van der Waals surface area contributed by atoms with Crippen molar-refractivity contribution in [3.8, 4) is 5.75 Å². The Hall–Kier alpha value is -2.01. The van der Waals surface area contributed by atoms with Crippen molar-refractivity contribution in [3.63, 3.8) is 0 Å². The van der Waals surface area contributed by atoms with Crippen LogP contribution in [0.2, 0.25) is 0 Å². The van der Waals surface area contributed by atoms with Crippen LogP contribution in [0, 0.1) is 0 Å². The molecule has 0 radical (unpaired) electrons. The Kier molecular flexibility index (Phi) is 5.63. The fourth-order valence-electron chi connectivity index (χ4n) is 1.75. The number of carbonyl (C=O) groups is 1. The van der Waals surface area contributed by atoms with Crippen molar-refractivity contribution in [1.82, 2.24) is 5.32 Å². The van der Waals surface area contributed by atoms with Crippen LogP contribution in [0.3, 0.4) is 0 Å². The van der Waals surface area contributed by atoms with E-state index in [-0.39, 0.29) is 5.91 Å². The molecule has 2 aromatic rings. The van der Waals surface area contributed by atoms with Crippen LogP contribution >= 0.6 is 15.9 Å². The largest absolute Gasteiger partial charge is 0.493 e. The Bertz CT molecular complexity index is 620. The van der Waals surface area contributed by atoms with Gasteiger partial charge in [-0.25, -0.2) is 0 Å². The first-order chi connectivity index (χ1) is 10.2. The first kappa shape index (κ1) is 15.4. The first-order valence-corrected chi connectivity index (χ1v) is 7.39. The highest BCUT2D eigenvalue weighted by atomic mass is 79.9. The Morgan fingerprint density at radius 1 is 1.43 bits per heavy atom. The lowest BCUT2D eigenvalue weighted by Crippen LogP contribution is -2.19. The second kappa shape index (κ2) is 7.69. The van der Waals surface area contributed by atoms with Gasteiger partial charge in [-0.2, -0.15) is 0 Å². The van der Waals surface area contributed by atoms with E-state index in [9.17, 15) is 4.79 Å². The van der Waals surface area contributed by atoms with E-state index >= 15 is 0 Å². The number of benzene rings is 1. The molecule has 1 amide bonds. The molecule has 0 saturated heterocycles. The van der Waals surface area contributed by atoms with Gasteiger partial charge in [-0.1, -0.05) is 15.9 Å². The number of furan rings is 1. The average Bonchev–Trinajstić information content (AvgIpc) is 2.99. The molecule has 5 heteroatoms. The summed E-state index contributed by atoms with van der Waals surface area (Å²) in [6.45, 7) is 2.87.